The number of carbonyl (C=O) groups is 1. The van der Waals surface area contributed by atoms with Gasteiger partial charge in [0.1, 0.15) is 11.5 Å². The maximum Gasteiger partial charge on any atom is 0.312 e. The van der Waals surface area contributed by atoms with E-state index in [9.17, 15) is 4.79 Å². The lowest BCUT2D eigenvalue weighted by Gasteiger charge is -2.25. The largest absolute Gasteiger partial charge is 0.491 e. The van der Waals surface area contributed by atoms with Crippen LogP contribution in [0.1, 0.15) is 37.3 Å². The van der Waals surface area contributed by atoms with E-state index in [-0.39, 0.29) is 24.8 Å². The van der Waals surface area contributed by atoms with Gasteiger partial charge in [0.05, 0.1) is 12.5 Å². The molecule has 0 aromatic heterocycles. The summed E-state index contributed by atoms with van der Waals surface area (Å²) in [7, 11) is 0. The molecule has 0 unspecified atom stereocenters. The molecule has 1 atom stereocenters. The lowest BCUT2D eigenvalue weighted by atomic mass is 9.86. The SMILES string of the molecule is CC(C)Oc1ccc([C@@H]2CC(=O)Oc3cc4c(cc32)OCO4)cc1. The van der Waals surface area contributed by atoms with E-state index < -0.39 is 0 Å². The Kier molecular flexibility index (Phi) is 3.56. The van der Waals surface area contributed by atoms with Crippen LogP contribution in [0, 0.1) is 0 Å². The van der Waals surface area contributed by atoms with Gasteiger partial charge in [0.15, 0.2) is 11.5 Å². The quantitative estimate of drug-likeness (QED) is 0.637. The molecule has 0 fully saturated rings. The molecule has 2 heterocycles. The van der Waals surface area contributed by atoms with Crippen molar-refractivity contribution in [3.8, 4) is 23.0 Å². The molecule has 2 aromatic rings. The van der Waals surface area contributed by atoms with E-state index in [0.29, 0.717) is 23.7 Å². The summed E-state index contributed by atoms with van der Waals surface area (Å²) in [6, 6.07) is 11.5. The number of esters is 1. The number of ether oxygens (including phenoxy) is 4. The molecule has 0 saturated carbocycles. The molecule has 0 radical (unpaired) electrons. The highest BCUT2D eigenvalue weighted by Gasteiger charge is 2.31. The van der Waals surface area contributed by atoms with E-state index in [1.54, 1.807) is 6.07 Å². The standard InChI is InChI=1S/C19H18O5/c1-11(2)23-13-5-3-12(4-6-13)14-8-19(20)24-16-9-18-17(7-15(14)16)21-10-22-18/h3-7,9,11,14H,8,10H2,1-2H3/t14-/m0/s1. The molecule has 4 rings (SSSR count). The molecular weight excluding hydrogens is 308 g/mol. The van der Waals surface area contributed by atoms with Crippen LogP contribution in [0.2, 0.25) is 0 Å². The molecule has 0 spiro atoms. The Balaban J connectivity index is 1.70. The van der Waals surface area contributed by atoms with Gasteiger partial charge in [-0.1, -0.05) is 12.1 Å². The molecule has 2 aromatic carbocycles. The monoisotopic (exact) mass is 326 g/mol. The highest BCUT2D eigenvalue weighted by atomic mass is 16.7. The molecule has 2 aliphatic rings. The van der Waals surface area contributed by atoms with Gasteiger partial charge in [-0.15, -0.1) is 0 Å². The van der Waals surface area contributed by atoms with Crippen molar-refractivity contribution >= 4 is 5.97 Å². The minimum absolute atomic E-state index is 0.0659. The van der Waals surface area contributed by atoms with Crippen molar-refractivity contribution in [3.05, 3.63) is 47.5 Å². The molecule has 0 N–H and O–H groups in total. The zero-order chi connectivity index (χ0) is 16.7. The molecule has 5 nitrogen and oxygen atoms in total. The lowest BCUT2D eigenvalue weighted by Crippen LogP contribution is -2.21. The van der Waals surface area contributed by atoms with Gasteiger partial charge in [0, 0.05) is 17.5 Å². The van der Waals surface area contributed by atoms with Gasteiger partial charge < -0.3 is 18.9 Å². The molecule has 5 heteroatoms. The Bertz CT molecular complexity index is 779. The van der Waals surface area contributed by atoms with E-state index in [0.717, 1.165) is 16.9 Å². The molecule has 0 bridgehead atoms. The molecule has 2 aliphatic heterocycles. The van der Waals surface area contributed by atoms with Crippen LogP contribution in [0.4, 0.5) is 0 Å². The average molecular weight is 326 g/mol. The Morgan fingerprint density at radius 1 is 1.04 bits per heavy atom. The van der Waals surface area contributed by atoms with Crippen LogP contribution in [0.25, 0.3) is 0 Å². The van der Waals surface area contributed by atoms with Crippen LogP contribution in [0.3, 0.4) is 0 Å². The summed E-state index contributed by atoms with van der Waals surface area (Å²) in [6.45, 7) is 4.17. The Morgan fingerprint density at radius 3 is 2.46 bits per heavy atom. The molecule has 0 amide bonds. The molecular formula is C19H18O5. The number of rotatable bonds is 3. The fraction of sp³-hybridized carbons (Fsp3) is 0.316. The first kappa shape index (κ1) is 14.9. The third-order valence-corrected chi connectivity index (χ3v) is 4.13. The second-order valence-corrected chi connectivity index (χ2v) is 6.21. The highest BCUT2D eigenvalue weighted by molar-refractivity contribution is 5.78. The minimum Gasteiger partial charge on any atom is -0.491 e. The summed E-state index contributed by atoms with van der Waals surface area (Å²) in [5.41, 5.74) is 1.99. The van der Waals surface area contributed by atoms with Crippen molar-refractivity contribution in [1.29, 1.82) is 0 Å². The van der Waals surface area contributed by atoms with Gasteiger partial charge in [0.25, 0.3) is 0 Å². The number of benzene rings is 2. The summed E-state index contributed by atoms with van der Waals surface area (Å²) in [4.78, 5) is 12.0. The first-order chi connectivity index (χ1) is 11.6. The maximum absolute atomic E-state index is 12.0. The zero-order valence-electron chi connectivity index (χ0n) is 13.6. The van der Waals surface area contributed by atoms with Gasteiger partial charge in [0.2, 0.25) is 6.79 Å². The number of carbonyl (C=O) groups excluding carboxylic acids is 1. The van der Waals surface area contributed by atoms with Crippen molar-refractivity contribution in [2.75, 3.05) is 6.79 Å². The van der Waals surface area contributed by atoms with Crippen LogP contribution in [-0.2, 0) is 4.79 Å². The van der Waals surface area contributed by atoms with E-state index >= 15 is 0 Å². The van der Waals surface area contributed by atoms with Crippen LogP contribution < -0.4 is 18.9 Å². The second-order valence-electron chi connectivity index (χ2n) is 6.21. The van der Waals surface area contributed by atoms with Gasteiger partial charge >= 0.3 is 5.97 Å². The van der Waals surface area contributed by atoms with Gasteiger partial charge in [-0.25, -0.2) is 0 Å². The van der Waals surface area contributed by atoms with Crippen molar-refractivity contribution in [3.63, 3.8) is 0 Å². The fourth-order valence-corrected chi connectivity index (χ4v) is 3.09. The lowest BCUT2D eigenvalue weighted by molar-refractivity contribution is -0.135. The van der Waals surface area contributed by atoms with Crippen molar-refractivity contribution in [1.82, 2.24) is 0 Å². The molecule has 24 heavy (non-hydrogen) atoms. The summed E-state index contributed by atoms with van der Waals surface area (Å²) in [6.07, 6.45) is 0.429. The van der Waals surface area contributed by atoms with E-state index in [1.807, 2.05) is 44.2 Å². The maximum atomic E-state index is 12.0. The van der Waals surface area contributed by atoms with Crippen molar-refractivity contribution in [2.45, 2.75) is 32.3 Å². The van der Waals surface area contributed by atoms with Gasteiger partial charge in [-0.2, -0.15) is 0 Å². The molecule has 0 aliphatic carbocycles. The first-order valence-corrected chi connectivity index (χ1v) is 8.01. The van der Waals surface area contributed by atoms with Crippen LogP contribution in [0.5, 0.6) is 23.0 Å². The number of hydrogen-bond acceptors (Lipinski definition) is 5. The Morgan fingerprint density at radius 2 is 1.75 bits per heavy atom. The first-order valence-electron chi connectivity index (χ1n) is 8.01. The number of fused-ring (bicyclic) bond motifs is 2. The third-order valence-electron chi connectivity index (χ3n) is 4.13. The van der Waals surface area contributed by atoms with E-state index in [1.165, 1.54) is 0 Å². The normalized spacial score (nSPS) is 18.3. The Labute approximate surface area is 140 Å². The molecule has 124 valence electrons. The summed E-state index contributed by atoms with van der Waals surface area (Å²) >= 11 is 0. The predicted molar refractivity (Wildman–Crippen MR) is 86.9 cm³/mol. The summed E-state index contributed by atoms with van der Waals surface area (Å²) in [5.74, 6) is 2.36. The zero-order valence-corrected chi connectivity index (χ0v) is 13.6. The predicted octanol–water partition coefficient (Wildman–Crippen LogP) is 3.64. The van der Waals surface area contributed by atoms with E-state index in [4.69, 9.17) is 18.9 Å². The van der Waals surface area contributed by atoms with Crippen molar-refractivity contribution in [2.24, 2.45) is 0 Å². The smallest absolute Gasteiger partial charge is 0.312 e. The average Bonchev–Trinajstić information content (AvgIpc) is 2.99. The molecule has 0 saturated heterocycles. The minimum atomic E-state index is -0.242. The summed E-state index contributed by atoms with van der Waals surface area (Å²) < 4.78 is 21.9. The second kappa shape index (κ2) is 5.74. The van der Waals surface area contributed by atoms with Gasteiger partial charge in [-0.05, 0) is 37.6 Å². The van der Waals surface area contributed by atoms with Crippen molar-refractivity contribution < 1.29 is 23.7 Å². The summed E-state index contributed by atoms with van der Waals surface area (Å²) in [5, 5.41) is 0. The number of hydrogen-bond donors (Lipinski definition) is 0. The highest BCUT2D eigenvalue weighted by Crippen LogP contribution is 2.46. The fourth-order valence-electron chi connectivity index (χ4n) is 3.09. The topological polar surface area (TPSA) is 54.0 Å². The Hall–Kier alpha value is -2.69. The third kappa shape index (κ3) is 2.66. The van der Waals surface area contributed by atoms with Crippen LogP contribution >= 0.6 is 0 Å². The van der Waals surface area contributed by atoms with Crippen LogP contribution in [-0.4, -0.2) is 18.9 Å². The van der Waals surface area contributed by atoms with Crippen LogP contribution in [0.15, 0.2) is 36.4 Å². The van der Waals surface area contributed by atoms with Gasteiger partial charge in [-0.3, -0.25) is 4.79 Å². The van der Waals surface area contributed by atoms with E-state index in [2.05, 4.69) is 0 Å².